The molecule has 1 amide bonds. The van der Waals surface area contributed by atoms with Crippen molar-refractivity contribution in [2.75, 3.05) is 26.7 Å². The summed E-state index contributed by atoms with van der Waals surface area (Å²) in [6.45, 7) is 3.10. The van der Waals surface area contributed by atoms with E-state index in [0.29, 0.717) is 11.8 Å². The lowest BCUT2D eigenvalue weighted by Crippen LogP contribution is -2.38. The van der Waals surface area contributed by atoms with Crippen molar-refractivity contribution in [1.82, 2.24) is 10.2 Å². The normalized spacial score (nSPS) is 31.2. The number of hydrogen-bond donors (Lipinski definition) is 1. The lowest BCUT2D eigenvalue weighted by Gasteiger charge is -2.29. The highest BCUT2D eigenvalue weighted by molar-refractivity contribution is 5.84. The molecule has 3 fully saturated rings. The van der Waals surface area contributed by atoms with Crippen LogP contribution in [0.3, 0.4) is 0 Å². The van der Waals surface area contributed by atoms with E-state index in [0.717, 1.165) is 37.4 Å². The van der Waals surface area contributed by atoms with E-state index in [1.165, 1.54) is 31.2 Å². The SMILES string of the molecule is CNCC1C2CN(C(=O)C(c3ccccc3)C3CCCC3)CC12. The molecule has 1 saturated heterocycles. The number of piperidine rings is 1. The first-order chi connectivity index (χ1) is 11.3. The number of nitrogens with zero attached hydrogens (tertiary/aromatic N) is 1. The molecule has 3 aliphatic rings. The topological polar surface area (TPSA) is 32.3 Å². The van der Waals surface area contributed by atoms with E-state index >= 15 is 0 Å². The molecule has 1 N–H and O–H groups in total. The molecule has 1 aromatic rings. The molecule has 124 valence electrons. The monoisotopic (exact) mass is 312 g/mol. The Hall–Kier alpha value is -1.35. The zero-order valence-corrected chi connectivity index (χ0v) is 14.1. The smallest absolute Gasteiger partial charge is 0.230 e. The molecule has 2 aliphatic carbocycles. The van der Waals surface area contributed by atoms with Crippen LogP contribution in [0.25, 0.3) is 0 Å². The quantitative estimate of drug-likeness (QED) is 0.907. The number of benzene rings is 1. The Kier molecular flexibility index (Phi) is 4.14. The van der Waals surface area contributed by atoms with Gasteiger partial charge in [-0.2, -0.15) is 0 Å². The highest BCUT2D eigenvalue weighted by Gasteiger charge is 2.56. The molecule has 0 aromatic heterocycles. The maximum atomic E-state index is 13.3. The predicted molar refractivity (Wildman–Crippen MR) is 92.1 cm³/mol. The summed E-state index contributed by atoms with van der Waals surface area (Å²) in [5.41, 5.74) is 1.23. The lowest BCUT2D eigenvalue weighted by atomic mass is 9.83. The van der Waals surface area contributed by atoms with Gasteiger partial charge in [-0.1, -0.05) is 43.2 Å². The highest BCUT2D eigenvalue weighted by atomic mass is 16.2. The predicted octanol–water partition coefficient (Wildman–Crippen LogP) is 2.88. The fraction of sp³-hybridized carbons (Fsp3) is 0.650. The fourth-order valence-electron chi connectivity index (χ4n) is 5.13. The van der Waals surface area contributed by atoms with Crippen LogP contribution in [-0.2, 0) is 4.79 Å². The second-order valence-electron chi connectivity index (χ2n) is 7.73. The third-order valence-corrected chi connectivity index (χ3v) is 6.42. The van der Waals surface area contributed by atoms with Crippen molar-refractivity contribution >= 4 is 5.91 Å². The number of fused-ring (bicyclic) bond motifs is 1. The van der Waals surface area contributed by atoms with Crippen molar-refractivity contribution < 1.29 is 4.79 Å². The first-order valence-corrected chi connectivity index (χ1v) is 9.28. The lowest BCUT2D eigenvalue weighted by molar-refractivity contribution is -0.133. The van der Waals surface area contributed by atoms with Crippen molar-refractivity contribution in [2.24, 2.45) is 23.7 Å². The molecule has 2 saturated carbocycles. The minimum Gasteiger partial charge on any atom is -0.342 e. The molecule has 1 heterocycles. The minimum absolute atomic E-state index is 0.0963. The summed E-state index contributed by atoms with van der Waals surface area (Å²) in [6, 6.07) is 10.5. The number of nitrogens with one attached hydrogen (secondary N) is 1. The Morgan fingerprint density at radius 2 is 1.83 bits per heavy atom. The molecule has 3 unspecified atom stereocenters. The maximum absolute atomic E-state index is 13.3. The number of carbonyl (C=O) groups is 1. The first-order valence-electron chi connectivity index (χ1n) is 9.28. The van der Waals surface area contributed by atoms with Gasteiger partial charge < -0.3 is 10.2 Å². The maximum Gasteiger partial charge on any atom is 0.230 e. The van der Waals surface area contributed by atoms with Crippen molar-refractivity contribution in [2.45, 2.75) is 31.6 Å². The van der Waals surface area contributed by atoms with Crippen LogP contribution in [0.4, 0.5) is 0 Å². The van der Waals surface area contributed by atoms with Crippen LogP contribution in [0.1, 0.15) is 37.2 Å². The van der Waals surface area contributed by atoms with Gasteiger partial charge in [0, 0.05) is 13.1 Å². The summed E-state index contributed by atoms with van der Waals surface area (Å²) in [7, 11) is 2.03. The number of carbonyl (C=O) groups excluding carboxylic acids is 1. The Morgan fingerprint density at radius 3 is 2.43 bits per heavy atom. The summed E-state index contributed by atoms with van der Waals surface area (Å²) in [5.74, 6) is 3.37. The van der Waals surface area contributed by atoms with Crippen LogP contribution < -0.4 is 5.32 Å². The van der Waals surface area contributed by atoms with Crippen LogP contribution >= 0.6 is 0 Å². The number of likely N-dealkylation sites (tertiary alicyclic amines) is 1. The molecular weight excluding hydrogens is 284 g/mol. The third kappa shape index (κ3) is 2.80. The van der Waals surface area contributed by atoms with Crippen molar-refractivity contribution in [3.05, 3.63) is 35.9 Å². The number of amides is 1. The van der Waals surface area contributed by atoms with E-state index in [2.05, 4.69) is 34.5 Å². The molecule has 3 atom stereocenters. The molecule has 4 rings (SSSR count). The molecule has 23 heavy (non-hydrogen) atoms. The van der Waals surface area contributed by atoms with Crippen molar-refractivity contribution in [3.63, 3.8) is 0 Å². The Balaban J connectivity index is 1.48. The largest absolute Gasteiger partial charge is 0.342 e. The van der Waals surface area contributed by atoms with E-state index in [-0.39, 0.29) is 5.92 Å². The van der Waals surface area contributed by atoms with Crippen LogP contribution in [0.2, 0.25) is 0 Å². The standard InChI is InChI=1S/C20H28N2O/c1-21-11-16-17-12-22(13-18(16)17)20(23)19(15-9-5-6-10-15)14-7-3-2-4-8-14/h2-4,7-8,15-19,21H,5-6,9-13H2,1H3. The van der Waals surface area contributed by atoms with Crippen LogP contribution in [-0.4, -0.2) is 37.5 Å². The van der Waals surface area contributed by atoms with Gasteiger partial charge in [0.2, 0.25) is 5.91 Å². The van der Waals surface area contributed by atoms with E-state index in [1.807, 2.05) is 13.1 Å². The number of hydrogen-bond acceptors (Lipinski definition) is 2. The van der Waals surface area contributed by atoms with Gasteiger partial charge in [-0.05, 0) is 55.7 Å². The zero-order valence-electron chi connectivity index (χ0n) is 14.1. The second kappa shape index (κ2) is 6.27. The van der Waals surface area contributed by atoms with E-state index in [9.17, 15) is 4.79 Å². The Labute approximate surface area is 139 Å². The van der Waals surface area contributed by atoms with Crippen LogP contribution in [0, 0.1) is 23.7 Å². The molecular formula is C20H28N2O. The van der Waals surface area contributed by atoms with Gasteiger partial charge in [-0.15, -0.1) is 0 Å². The van der Waals surface area contributed by atoms with E-state index < -0.39 is 0 Å². The molecule has 1 aliphatic heterocycles. The minimum atomic E-state index is 0.0963. The van der Waals surface area contributed by atoms with Gasteiger partial charge in [0.05, 0.1) is 5.92 Å². The number of rotatable bonds is 5. The molecule has 0 bridgehead atoms. The van der Waals surface area contributed by atoms with Crippen LogP contribution in [0.15, 0.2) is 30.3 Å². The summed E-state index contributed by atoms with van der Waals surface area (Å²) in [5, 5.41) is 3.29. The van der Waals surface area contributed by atoms with E-state index in [1.54, 1.807) is 0 Å². The second-order valence-corrected chi connectivity index (χ2v) is 7.73. The molecule has 1 aromatic carbocycles. The van der Waals surface area contributed by atoms with Crippen molar-refractivity contribution in [3.8, 4) is 0 Å². The van der Waals surface area contributed by atoms with Gasteiger partial charge in [-0.25, -0.2) is 0 Å². The molecule has 3 heteroatoms. The van der Waals surface area contributed by atoms with Crippen molar-refractivity contribution in [1.29, 1.82) is 0 Å². The summed E-state index contributed by atoms with van der Waals surface area (Å²) >= 11 is 0. The molecule has 3 nitrogen and oxygen atoms in total. The summed E-state index contributed by atoms with van der Waals surface area (Å²) in [4.78, 5) is 15.5. The van der Waals surface area contributed by atoms with Gasteiger partial charge in [0.25, 0.3) is 0 Å². The zero-order chi connectivity index (χ0) is 15.8. The summed E-state index contributed by atoms with van der Waals surface area (Å²) in [6.07, 6.45) is 5.01. The van der Waals surface area contributed by atoms with Gasteiger partial charge in [0.15, 0.2) is 0 Å². The molecule has 0 radical (unpaired) electrons. The average Bonchev–Trinajstić information content (AvgIpc) is 3.01. The first kappa shape index (κ1) is 15.2. The summed E-state index contributed by atoms with van der Waals surface area (Å²) < 4.78 is 0. The van der Waals surface area contributed by atoms with E-state index in [4.69, 9.17) is 0 Å². The molecule has 0 spiro atoms. The van der Waals surface area contributed by atoms with Gasteiger partial charge >= 0.3 is 0 Å². The van der Waals surface area contributed by atoms with Gasteiger partial charge in [-0.3, -0.25) is 4.79 Å². The average molecular weight is 312 g/mol. The fourth-order valence-corrected chi connectivity index (χ4v) is 5.13. The Bertz CT molecular complexity index is 540. The highest BCUT2D eigenvalue weighted by Crippen LogP contribution is 2.52. The van der Waals surface area contributed by atoms with Crippen LogP contribution in [0.5, 0.6) is 0 Å². The van der Waals surface area contributed by atoms with Gasteiger partial charge in [0.1, 0.15) is 0 Å². The Morgan fingerprint density at radius 1 is 1.17 bits per heavy atom. The third-order valence-electron chi connectivity index (χ3n) is 6.42.